The Morgan fingerprint density at radius 2 is 1.84 bits per heavy atom. The smallest absolute Gasteiger partial charge is 0.343 e. The number of nitrogens with zero attached hydrogens (tertiary/aromatic N) is 2. The summed E-state index contributed by atoms with van der Waals surface area (Å²) in [6.45, 7) is 6.13. The molecule has 0 aliphatic heterocycles. The van der Waals surface area contributed by atoms with E-state index in [2.05, 4.69) is 9.97 Å². The Labute approximate surface area is 184 Å². The summed E-state index contributed by atoms with van der Waals surface area (Å²) in [5.41, 5.74) is 3.34. The summed E-state index contributed by atoms with van der Waals surface area (Å²) in [6.07, 6.45) is 1.39. The van der Waals surface area contributed by atoms with Crippen LogP contribution in [0.3, 0.4) is 0 Å². The van der Waals surface area contributed by atoms with Crippen LogP contribution >= 0.6 is 0 Å². The van der Waals surface area contributed by atoms with Gasteiger partial charge in [-0.25, -0.2) is 9.78 Å². The number of esters is 1. The largest absolute Gasteiger partial charge is 0.493 e. The van der Waals surface area contributed by atoms with Crippen LogP contribution in [-0.4, -0.2) is 34.2 Å². The van der Waals surface area contributed by atoms with Crippen molar-refractivity contribution in [1.29, 1.82) is 0 Å². The molecule has 0 radical (unpaired) electrons. The summed E-state index contributed by atoms with van der Waals surface area (Å²) < 4.78 is 18.2. The number of hydrogen-bond donors (Lipinski definition) is 1. The van der Waals surface area contributed by atoms with Crippen molar-refractivity contribution in [3.05, 3.63) is 76.0 Å². The molecule has 4 rings (SSSR count). The van der Waals surface area contributed by atoms with Gasteiger partial charge in [0.05, 0.1) is 31.0 Å². The Kier molecular flexibility index (Phi) is 5.68. The van der Waals surface area contributed by atoms with Gasteiger partial charge in [0.1, 0.15) is 5.75 Å². The van der Waals surface area contributed by atoms with E-state index in [0.717, 1.165) is 16.9 Å². The average molecular weight is 433 g/mol. The summed E-state index contributed by atoms with van der Waals surface area (Å²) in [6, 6.07) is 11.9. The first kappa shape index (κ1) is 21.2. The third-order valence-electron chi connectivity index (χ3n) is 5.30. The van der Waals surface area contributed by atoms with Gasteiger partial charge in [-0.1, -0.05) is 0 Å². The second-order valence-corrected chi connectivity index (χ2v) is 7.16. The molecule has 0 bridgehead atoms. The van der Waals surface area contributed by atoms with E-state index in [4.69, 9.17) is 14.2 Å². The van der Waals surface area contributed by atoms with Gasteiger partial charge in [0.25, 0.3) is 5.56 Å². The van der Waals surface area contributed by atoms with E-state index < -0.39 is 5.97 Å². The summed E-state index contributed by atoms with van der Waals surface area (Å²) in [4.78, 5) is 31.8. The molecule has 0 spiro atoms. The number of benzene rings is 2. The molecule has 0 saturated heterocycles. The number of fused-ring (bicyclic) bond motifs is 1. The number of aromatic nitrogens is 3. The third kappa shape index (κ3) is 3.71. The molecule has 1 N–H and O–H groups in total. The van der Waals surface area contributed by atoms with Crippen molar-refractivity contribution in [2.45, 2.75) is 20.8 Å². The van der Waals surface area contributed by atoms with Crippen LogP contribution in [0, 0.1) is 13.8 Å². The Balaban J connectivity index is 1.61. The van der Waals surface area contributed by atoms with Crippen molar-refractivity contribution in [2.75, 3.05) is 13.7 Å². The van der Waals surface area contributed by atoms with Gasteiger partial charge in [0.2, 0.25) is 0 Å². The molecular formula is C24H23N3O5. The summed E-state index contributed by atoms with van der Waals surface area (Å²) >= 11 is 0. The maximum absolute atomic E-state index is 12.6. The number of carbonyl (C=O) groups excluding carboxylic acids is 1. The zero-order chi connectivity index (χ0) is 22.8. The van der Waals surface area contributed by atoms with Gasteiger partial charge in [-0.3, -0.25) is 9.36 Å². The topological polar surface area (TPSA) is 95.4 Å². The van der Waals surface area contributed by atoms with Gasteiger partial charge in [0, 0.05) is 11.4 Å². The van der Waals surface area contributed by atoms with Crippen molar-refractivity contribution >= 4 is 17.0 Å². The number of nitrogens with one attached hydrogen (secondary N) is 1. The first-order valence-electron chi connectivity index (χ1n) is 10.1. The fourth-order valence-corrected chi connectivity index (χ4v) is 3.62. The predicted octanol–water partition coefficient (Wildman–Crippen LogP) is 3.96. The quantitative estimate of drug-likeness (QED) is 0.365. The lowest BCUT2D eigenvalue weighted by atomic mass is 10.2. The van der Waals surface area contributed by atoms with Crippen LogP contribution in [0.4, 0.5) is 0 Å². The molecule has 0 aliphatic carbocycles. The number of H-pyrrole nitrogens is 1. The number of hydrogen-bond acceptors (Lipinski definition) is 6. The van der Waals surface area contributed by atoms with E-state index in [-0.39, 0.29) is 5.56 Å². The van der Waals surface area contributed by atoms with Gasteiger partial charge in [-0.2, -0.15) is 0 Å². The van der Waals surface area contributed by atoms with Crippen LogP contribution in [0.2, 0.25) is 0 Å². The molecule has 2 aromatic carbocycles. The average Bonchev–Trinajstić information content (AvgIpc) is 3.05. The molecule has 0 saturated carbocycles. The Hall–Kier alpha value is -4.07. The van der Waals surface area contributed by atoms with Crippen molar-refractivity contribution in [3.63, 3.8) is 0 Å². The van der Waals surface area contributed by atoms with E-state index >= 15 is 0 Å². The van der Waals surface area contributed by atoms with E-state index in [1.54, 1.807) is 37.4 Å². The van der Waals surface area contributed by atoms with Gasteiger partial charge < -0.3 is 19.2 Å². The lowest BCUT2D eigenvalue weighted by Crippen LogP contribution is -2.09. The summed E-state index contributed by atoms with van der Waals surface area (Å²) in [5.74, 6) is 0.912. The van der Waals surface area contributed by atoms with Crippen LogP contribution < -0.4 is 19.8 Å². The van der Waals surface area contributed by atoms with Crippen LogP contribution in [0.1, 0.15) is 28.5 Å². The first-order valence-corrected chi connectivity index (χ1v) is 10.1. The van der Waals surface area contributed by atoms with Crippen molar-refractivity contribution in [3.8, 4) is 22.9 Å². The highest BCUT2D eigenvalue weighted by molar-refractivity contribution is 5.92. The zero-order valence-electron chi connectivity index (χ0n) is 18.3. The molecule has 8 nitrogen and oxygen atoms in total. The molecule has 8 heteroatoms. The minimum absolute atomic E-state index is 0.175. The van der Waals surface area contributed by atoms with Gasteiger partial charge in [0.15, 0.2) is 17.1 Å². The standard InChI is InChI=1S/C24H23N3O5/c1-5-31-20-12-16(6-11-19(20)30-4)24(29)32-18-9-7-17(8-10-18)27-15(3)14(2)21-22(27)25-13-26-23(21)28/h6-13H,5H2,1-4H3,(H,25,26,28). The number of methoxy groups -OCH3 is 1. The van der Waals surface area contributed by atoms with E-state index in [0.29, 0.717) is 40.5 Å². The predicted molar refractivity (Wildman–Crippen MR) is 120 cm³/mol. The van der Waals surface area contributed by atoms with Crippen LogP contribution in [0.25, 0.3) is 16.7 Å². The van der Waals surface area contributed by atoms with E-state index in [9.17, 15) is 9.59 Å². The fraction of sp³-hybridized carbons (Fsp3) is 0.208. The Morgan fingerprint density at radius 3 is 2.53 bits per heavy atom. The first-order chi connectivity index (χ1) is 15.4. The van der Waals surface area contributed by atoms with Crippen molar-refractivity contribution in [2.24, 2.45) is 0 Å². The number of aromatic amines is 1. The maximum atomic E-state index is 12.6. The van der Waals surface area contributed by atoms with Crippen LogP contribution in [-0.2, 0) is 0 Å². The number of aryl methyl sites for hydroxylation is 1. The lowest BCUT2D eigenvalue weighted by Gasteiger charge is -2.11. The monoisotopic (exact) mass is 433 g/mol. The minimum Gasteiger partial charge on any atom is -0.493 e. The highest BCUT2D eigenvalue weighted by Gasteiger charge is 2.17. The molecule has 4 aromatic rings. The number of rotatable bonds is 6. The SMILES string of the molecule is CCOc1cc(C(=O)Oc2ccc(-n3c(C)c(C)c4c(=O)[nH]cnc43)cc2)ccc1OC. The fourth-order valence-electron chi connectivity index (χ4n) is 3.62. The maximum Gasteiger partial charge on any atom is 0.343 e. The second-order valence-electron chi connectivity index (χ2n) is 7.16. The van der Waals surface area contributed by atoms with Gasteiger partial charge >= 0.3 is 5.97 Å². The molecule has 0 unspecified atom stereocenters. The van der Waals surface area contributed by atoms with Crippen molar-refractivity contribution < 1.29 is 19.0 Å². The molecule has 0 aliphatic rings. The third-order valence-corrected chi connectivity index (χ3v) is 5.30. The number of carbonyl (C=O) groups is 1. The van der Waals surface area contributed by atoms with Crippen LogP contribution in [0.5, 0.6) is 17.2 Å². The normalized spacial score (nSPS) is 10.9. The second kappa shape index (κ2) is 8.58. The molecule has 0 fully saturated rings. The van der Waals surface area contributed by atoms with Crippen molar-refractivity contribution in [1.82, 2.24) is 14.5 Å². The van der Waals surface area contributed by atoms with E-state index in [1.807, 2.05) is 37.5 Å². The molecule has 2 aromatic heterocycles. The molecule has 164 valence electrons. The highest BCUT2D eigenvalue weighted by atomic mass is 16.5. The summed E-state index contributed by atoms with van der Waals surface area (Å²) in [5, 5.41) is 0.560. The molecule has 0 atom stereocenters. The highest BCUT2D eigenvalue weighted by Crippen LogP contribution is 2.29. The van der Waals surface area contributed by atoms with E-state index in [1.165, 1.54) is 6.33 Å². The molecule has 2 heterocycles. The zero-order valence-corrected chi connectivity index (χ0v) is 18.3. The van der Waals surface area contributed by atoms with Crippen LogP contribution in [0.15, 0.2) is 53.6 Å². The lowest BCUT2D eigenvalue weighted by molar-refractivity contribution is 0.0734. The minimum atomic E-state index is -0.506. The Morgan fingerprint density at radius 1 is 1.09 bits per heavy atom. The summed E-state index contributed by atoms with van der Waals surface area (Å²) in [7, 11) is 1.54. The Bertz CT molecular complexity index is 1350. The molecule has 32 heavy (non-hydrogen) atoms. The van der Waals surface area contributed by atoms with Gasteiger partial charge in [-0.15, -0.1) is 0 Å². The molecular weight excluding hydrogens is 410 g/mol. The molecule has 0 amide bonds. The van der Waals surface area contributed by atoms with Gasteiger partial charge in [-0.05, 0) is 68.8 Å². The number of ether oxygens (including phenoxy) is 3.